The highest BCUT2D eigenvalue weighted by atomic mass is 127. The molecule has 0 aliphatic rings. The molecule has 0 unspecified atom stereocenters. The van der Waals surface area contributed by atoms with Crippen LogP contribution in [-0.2, 0) is 0 Å². The highest BCUT2D eigenvalue weighted by Gasteiger charge is 2.01. The van der Waals surface area contributed by atoms with E-state index >= 15 is 0 Å². The van der Waals surface area contributed by atoms with Gasteiger partial charge in [-0.25, -0.2) is 0 Å². The van der Waals surface area contributed by atoms with Crippen molar-refractivity contribution < 1.29 is 0 Å². The number of halogens is 2. The molecule has 1 N–H and O–H groups in total. The van der Waals surface area contributed by atoms with E-state index in [-0.39, 0.29) is 0 Å². The minimum absolute atomic E-state index is 0.812. The Hall–Kier alpha value is 0.520. The van der Waals surface area contributed by atoms with Crippen molar-refractivity contribution in [1.82, 2.24) is 0 Å². The average Bonchev–Trinajstić information content (AvgIpc) is 2.10. The van der Waals surface area contributed by atoms with Crippen LogP contribution in [0, 0.1) is 2.88 Å². The minimum Gasteiger partial charge on any atom is -0.379 e. The number of thiophene rings is 1. The van der Waals surface area contributed by atoms with Crippen LogP contribution in [0.15, 0.2) is 6.07 Å². The van der Waals surface area contributed by atoms with Gasteiger partial charge in [0.25, 0.3) is 0 Å². The van der Waals surface area contributed by atoms with Gasteiger partial charge in [-0.05, 0) is 28.7 Å². The van der Waals surface area contributed by atoms with Crippen LogP contribution < -0.4 is 5.32 Å². The molecule has 0 aliphatic carbocycles. The first-order chi connectivity index (χ1) is 4.24. The molecule has 0 spiro atoms. The molecule has 0 fully saturated rings. The summed E-state index contributed by atoms with van der Waals surface area (Å²) in [6.45, 7) is 0. The minimum atomic E-state index is 0.812. The van der Waals surface area contributed by atoms with Gasteiger partial charge in [0, 0.05) is 7.05 Å². The Labute approximate surface area is 76.6 Å². The van der Waals surface area contributed by atoms with E-state index in [1.165, 1.54) is 2.88 Å². The van der Waals surface area contributed by atoms with Crippen LogP contribution in [0.5, 0.6) is 0 Å². The molecular formula is C5H5ClINS. The second-order valence-electron chi connectivity index (χ2n) is 1.48. The van der Waals surface area contributed by atoms with Crippen LogP contribution in [0.2, 0.25) is 5.02 Å². The maximum Gasteiger partial charge on any atom is 0.108 e. The zero-order chi connectivity index (χ0) is 6.85. The van der Waals surface area contributed by atoms with E-state index in [1.54, 1.807) is 11.3 Å². The van der Waals surface area contributed by atoms with Gasteiger partial charge < -0.3 is 5.32 Å². The van der Waals surface area contributed by atoms with Crippen molar-refractivity contribution in [2.45, 2.75) is 0 Å². The lowest BCUT2D eigenvalue weighted by atomic mass is 10.6. The summed E-state index contributed by atoms with van der Waals surface area (Å²) >= 11 is 9.69. The summed E-state index contributed by atoms with van der Waals surface area (Å²) < 4.78 is 1.21. The Kier molecular flexibility index (Phi) is 2.60. The number of hydrogen-bond acceptors (Lipinski definition) is 2. The zero-order valence-electron chi connectivity index (χ0n) is 4.74. The maximum atomic E-state index is 5.79. The second kappa shape index (κ2) is 3.07. The van der Waals surface area contributed by atoms with Gasteiger partial charge in [0.2, 0.25) is 0 Å². The van der Waals surface area contributed by atoms with Crippen LogP contribution in [0.3, 0.4) is 0 Å². The summed E-state index contributed by atoms with van der Waals surface area (Å²) in [4.78, 5) is 0. The van der Waals surface area contributed by atoms with E-state index in [2.05, 4.69) is 27.9 Å². The summed E-state index contributed by atoms with van der Waals surface area (Å²) in [6, 6.07) is 1.94. The van der Waals surface area contributed by atoms with Gasteiger partial charge in [0.15, 0.2) is 0 Å². The predicted octanol–water partition coefficient (Wildman–Crippen LogP) is 3.05. The summed E-state index contributed by atoms with van der Waals surface area (Å²) in [5.41, 5.74) is 0. The lowest BCUT2D eigenvalue weighted by Gasteiger charge is -1.90. The zero-order valence-corrected chi connectivity index (χ0v) is 8.47. The lowest BCUT2D eigenvalue weighted by Crippen LogP contribution is -1.81. The van der Waals surface area contributed by atoms with Crippen LogP contribution in [0.1, 0.15) is 0 Å². The Morgan fingerprint density at radius 2 is 2.44 bits per heavy atom. The maximum absolute atomic E-state index is 5.79. The smallest absolute Gasteiger partial charge is 0.108 e. The third-order valence-electron chi connectivity index (χ3n) is 0.884. The van der Waals surface area contributed by atoms with Crippen molar-refractivity contribution in [3.63, 3.8) is 0 Å². The third-order valence-corrected chi connectivity index (χ3v) is 3.21. The highest BCUT2D eigenvalue weighted by molar-refractivity contribution is 14.1. The molecule has 0 atom stereocenters. The topological polar surface area (TPSA) is 12.0 Å². The largest absolute Gasteiger partial charge is 0.379 e. The second-order valence-corrected chi connectivity index (χ2v) is 4.83. The van der Waals surface area contributed by atoms with Crippen LogP contribution >= 0.6 is 45.5 Å². The Balaban J connectivity index is 3.01. The van der Waals surface area contributed by atoms with Gasteiger partial charge in [-0.15, -0.1) is 11.3 Å². The van der Waals surface area contributed by atoms with Crippen molar-refractivity contribution in [3.8, 4) is 0 Å². The summed E-state index contributed by atoms with van der Waals surface area (Å²) in [5.74, 6) is 0. The van der Waals surface area contributed by atoms with E-state index < -0.39 is 0 Å². The Bertz CT molecular complexity index is 211. The Morgan fingerprint density at radius 3 is 2.67 bits per heavy atom. The molecule has 0 amide bonds. The molecule has 0 radical (unpaired) electrons. The quantitative estimate of drug-likeness (QED) is 0.776. The third kappa shape index (κ3) is 1.72. The molecule has 1 aromatic rings. The molecule has 1 nitrogen and oxygen atoms in total. The normalized spacial score (nSPS) is 9.67. The van der Waals surface area contributed by atoms with Gasteiger partial charge in [-0.3, -0.25) is 0 Å². The lowest BCUT2D eigenvalue weighted by molar-refractivity contribution is 1.59. The molecule has 9 heavy (non-hydrogen) atoms. The van der Waals surface area contributed by atoms with Gasteiger partial charge in [0.05, 0.1) is 7.91 Å². The standard InChI is InChI=1S/C5H5ClINS/c1-8-5-3(6)2-4(7)9-5/h2,8H,1H3. The molecule has 50 valence electrons. The molecule has 0 aromatic carbocycles. The SMILES string of the molecule is CNc1sc(I)cc1Cl. The number of nitrogens with one attached hydrogen (secondary N) is 1. The van der Waals surface area contributed by atoms with E-state index in [4.69, 9.17) is 11.6 Å². The molecular weight excluding hydrogens is 268 g/mol. The van der Waals surface area contributed by atoms with E-state index in [0.29, 0.717) is 0 Å². The fourth-order valence-electron chi connectivity index (χ4n) is 0.511. The molecule has 0 aliphatic heterocycles. The molecule has 4 heteroatoms. The fraction of sp³-hybridized carbons (Fsp3) is 0.200. The van der Waals surface area contributed by atoms with E-state index in [9.17, 15) is 0 Å². The van der Waals surface area contributed by atoms with Gasteiger partial charge in [0.1, 0.15) is 5.00 Å². The van der Waals surface area contributed by atoms with E-state index in [1.807, 2.05) is 13.1 Å². The van der Waals surface area contributed by atoms with Crippen molar-refractivity contribution >= 4 is 50.5 Å². The van der Waals surface area contributed by atoms with Crippen molar-refractivity contribution in [1.29, 1.82) is 0 Å². The molecule has 0 saturated heterocycles. The van der Waals surface area contributed by atoms with Gasteiger partial charge in [-0.2, -0.15) is 0 Å². The summed E-state index contributed by atoms with van der Waals surface area (Å²) in [5, 5.41) is 4.85. The summed E-state index contributed by atoms with van der Waals surface area (Å²) in [7, 11) is 1.87. The molecule has 1 heterocycles. The average molecular weight is 274 g/mol. The van der Waals surface area contributed by atoms with Crippen molar-refractivity contribution in [2.24, 2.45) is 0 Å². The first kappa shape index (κ1) is 7.63. The molecule has 0 bridgehead atoms. The van der Waals surface area contributed by atoms with Crippen molar-refractivity contribution in [2.75, 3.05) is 12.4 Å². The van der Waals surface area contributed by atoms with E-state index in [0.717, 1.165) is 10.0 Å². The number of hydrogen-bond donors (Lipinski definition) is 1. The van der Waals surface area contributed by atoms with Gasteiger partial charge >= 0.3 is 0 Å². The fourth-order valence-corrected chi connectivity index (χ4v) is 2.68. The first-order valence-electron chi connectivity index (χ1n) is 2.36. The van der Waals surface area contributed by atoms with Crippen LogP contribution in [0.25, 0.3) is 0 Å². The van der Waals surface area contributed by atoms with Gasteiger partial charge in [-0.1, -0.05) is 11.6 Å². The van der Waals surface area contributed by atoms with Crippen molar-refractivity contribution in [3.05, 3.63) is 14.0 Å². The van der Waals surface area contributed by atoms with Crippen LogP contribution in [-0.4, -0.2) is 7.05 Å². The molecule has 0 saturated carbocycles. The number of anilines is 1. The first-order valence-corrected chi connectivity index (χ1v) is 4.64. The Morgan fingerprint density at radius 1 is 1.78 bits per heavy atom. The monoisotopic (exact) mass is 273 g/mol. The van der Waals surface area contributed by atoms with Crippen LogP contribution in [0.4, 0.5) is 5.00 Å². The predicted molar refractivity (Wildman–Crippen MR) is 51.6 cm³/mol. The summed E-state index contributed by atoms with van der Waals surface area (Å²) in [6.07, 6.45) is 0. The number of rotatable bonds is 1. The molecule has 1 rings (SSSR count). The highest BCUT2D eigenvalue weighted by Crippen LogP contribution is 2.32. The molecule has 1 aromatic heterocycles.